The summed E-state index contributed by atoms with van der Waals surface area (Å²) in [5.41, 5.74) is 3.73. The molecule has 142 valence electrons. The highest BCUT2D eigenvalue weighted by Gasteiger charge is 2.20. The van der Waals surface area contributed by atoms with E-state index in [-0.39, 0.29) is 10.8 Å². The van der Waals surface area contributed by atoms with Gasteiger partial charge in [-0.05, 0) is 62.6 Å². The Morgan fingerprint density at radius 3 is 2.70 bits per heavy atom. The molecule has 2 aromatic carbocycles. The maximum absolute atomic E-state index is 12.7. The Morgan fingerprint density at radius 1 is 1.22 bits per heavy atom. The van der Waals surface area contributed by atoms with Crippen LogP contribution in [0.25, 0.3) is 10.2 Å². The minimum Gasteiger partial charge on any atom is -0.480 e. The molecule has 3 aromatic rings. The zero-order valence-corrected chi connectivity index (χ0v) is 16.9. The van der Waals surface area contributed by atoms with Crippen molar-refractivity contribution < 1.29 is 9.53 Å². The summed E-state index contributed by atoms with van der Waals surface area (Å²) in [6, 6.07) is 11.4. The van der Waals surface area contributed by atoms with Crippen LogP contribution in [0.1, 0.15) is 31.4 Å². The fourth-order valence-electron chi connectivity index (χ4n) is 2.99. The summed E-state index contributed by atoms with van der Waals surface area (Å²) < 4.78 is 8.56. The molecular formula is C21H24N2O3S. The number of thiazole rings is 1. The molecule has 5 nitrogen and oxygen atoms in total. The maximum atomic E-state index is 12.7. The Balaban J connectivity index is 1.79. The first-order chi connectivity index (χ1) is 12.9. The number of benzene rings is 2. The number of amides is 1. The zero-order valence-electron chi connectivity index (χ0n) is 16.0. The second kappa shape index (κ2) is 7.96. The van der Waals surface area contributed by atoms with E-state index in [0.29, 0.717) is 18.7 Å². The van der Waals surface area contributed by atoms with Gasteiger partial charge < -0.3 is 10.1 Å². The lowest BCUT2D eigenvalue weighted by Gasteiger charge is -2.19. The Kier molecular flexibility index (Phi) is 5.65. The first kappa shape index (κ1) is 19.2. The molecule has 0 bridgehead atoms. The van der Waals surface area contributed by atoms with E-state index in [0.717, 1.165) is 27.1 Å². The number of nitrogens with zero attached hydrogens (tertiary/aromatic N) is 1. The van der Waals surface area contributed by atoms with E-state index in [9.17, 15) is 9.59 Å². The number of carbonyl (C=O) groups is 1. The van der Waals surface area contributed by atoms with E-state index in [1.165, 1.54) is 11.3 Å². The minimum absolute atomic E-state index is 0.0145. The van der Waals surface area contributed by atoms with Crippen molar-refractivity contribution in [1.82, 2.24) is 4.57 Å². The molecular weight excluding hydrogens is 360 g/mol. The topological polar surface area (TPSA) is 60.3 Å². The van der Waals surface area contributed by atoms with Gasteiger partial charge in [0.2, 0.25) is 0 Å². The van der Waals surface area contributed by atoms with Crippen LogP contribution in [0.2, 0.25) is 0 Å². The standard InChI is InChI=1S/C21H24N2O3S/c1-5-17(26-18-9-7-8-13(3)14(18)4)20(24)22-15-10-11-16-19(12-15)27-21(25)23(16)6-2/h7-12,17H,5-6H2,1-4H3,(H,22,24)/t17-/m0/s1. The fourth-order valence-corrected chi connectivity index (χ4v) is 3.99. The molecule has 6 heteroatoms. The van der Waals surface area contributed by atoms with E-state index in [4.69, 9.17) is 4.74 Å². The van der Waals surface area contributed by atoms with Crippen molar-refractivity contribution in [3.8, 4) is 5.75 Å². The second-order valence-electron chi connectivity index (χ2n) is 6.50. The average molecular weight is 385 g/mol. The van der Waals surface area contributed by atoms with Crippen LogP contribution < -0.4 is 14.9 Å². The van der Waals surface area contributed by atoms with E-state index >= 15 is 0 Å². The van der Waals surface area contributed by atoms with Crippen molar-refractivity contribution in [3.63, 3.8) is 0 Å². The van der Waals surface area contributed by atoms with E-state index in [1.54, 1.807) is 4.57 Å². The Morgan fingerprint density at radius 2 is 2.00 bits per heavy atom. The number of fused-ring (bicyclic) bond motifs is 1. The van der Waals surface area contributed by atoms with Crippen LogP contribution in [0.5, 0.6) is 5.75 Å². The van der Waals surface area contributed by atoms with Crippen molar-refractivity contribution in [2.45, 2.75) is 46.8 Å². The Hall–Kier alpha value is -2.60. The molecule has 0 aliphatic carbocycles. The third-order valence-corrected chi connectivity index (χ3v) is 5.68. The number of hydrogen-bond acceptors (Lipinski definition) is 4. The van der Waals surface area contributed by atoms with Crippen molar-refractivity contribution in [1.29, 1.82) is 0 Å². The smallest absolute Gasteiger partial charge is 0.308 e. The quantitative estimate of drug-likeness (QED) is 0.681. The normalized spacial score (nSPS) is 12.1. The molecule has 1 atom stereocenters. The number of nitrogens with one attached hydrogen (secondary N) is 1. The highest BCUT2D eigenvalue weighted by atomic mass is 32.1. The number of carbonyl (C=O) groups excluding carboxylic acids is 1. The predicted molar refractivity (Wildman–Crippen MR) is 111 cm³/mol. The Labute approximate surface area is 162 Å². The van der Waals surface area contributed by atoms with E-state index < -0.39 is 6.10 Å². The molecule has 1 aromatic heterocycles. The highest BCUT2D eigenvalue weighted by Crippen LogP contribution is 2.24. The third-order valence-electron chi connectivity index (χ3n) is 4.74. The molecule has 3 rings (SSSR count). The van der Waals surface area contributed by atoms with Crippen LogP contribution in [-0.2, 0) is 11.3 Å². The van der Waals surface area contributed by atoms with Crippen LogP contribution in [-0.4, -0.2) is 16.6 Å². The SMILES string of the molecule is CC[C@H](Oc1cccc(C)c1C)C(=O)Nc1ccc2c(c1)sc(=O)n2CC. The molecule has 0 radical (unpaired) electrons. The van der Waals surface area contributed by atoms with Crippen LogP contribution in [0, 0.1) is 13.8 Å². The number of ether oxygens (including phenoxy) is 1. The molecule has 0 saturated heterocycles. The first-order valence-electron chi connectivity index (χ1n) is 9.11. The van der Waals surface area contributed by atoms with Gasteiger partial charge in [0.05, 0.1) is 10.2 Å². The van der Waals surface area contributed by atoms with Crippen LogP contribution in [0.4, 0.5) is 5.69 Å². The lowest BCUT2D eigenvalue weighted by molar-refractivity contribution is -0.122. The number of aromatic nitrogens is 1. The Bertz CT molecular complexity index is 1040. The molecule has 0 fully saturated rings. The second-order valence-corrected chi connectivity index (χ2v) is 7.49. The molecule has 27 heavy (non-hydrogen) atoms. The number of anilines is 1. The summed E-state index contributed by atoms with van der Waals surface area (Å²) in [4.78, 5) is 24.7. The van der Waals surface area contributed by atoms with Crippen LogP contribution in [0.15, 0.2) is 41.2 Å². The third kappa shape index (κ3) is 3.90. The molecule has 0 spiro atoms. The van der Waals surface area contributed by atoms with Gasteiger partial charge in [-0.15, -0.1) is 0 Å². The lowest BCUT2D eigenvalue weighted by Crippen LogP contribution is -2.32. The monoisotopic (exact) mass is 384 g/mol. The first-order valence-corrected chi connectivity index (χ1v) is 9.93. The van der Waals surface area contributed by atoms with Crippen LogP contribution >= 0.6 is 11.3 Å². The van der Waals surface area contributed by atoms with Gasteiger partial charge in [-0.25, -0.2) is 0 Å². The summed E-state index contributed by atoms with van der Waals surface area (Å²) in [6.45, 7) is 8.51. The van der Waals surface area contributed by atoms with Crippen molar-refractivity contribution in [2.24, 2.45) is 0 Å². The molecule has 0 aliphatic rings. The zero-order chi connectivity index (χ0) is 19.6. The van der Waals surface area contributed by atoms with Crippen molar-refractivity contribution in [3.05, 3.63) is 57.2 Å². The van der Waals surface area contributed by atoms with E-state index in [1.807, 2.05) is 64.1 Å². The predicted octanol–water partition coefficient (Wildman–Crippen LogP) is 4.50. The van der Waals surface area contributed by atoms with Gasteiger partial charge in [0.25, 0.3) is 5.91 Å². The van der Waals surface area contributed by atoms with Crippen LogP contribution in [0.3, 0.4) is 0 Å². The molecule has 0 unspecified atom stereocenters. The van der Waals surface area contributed by atoms with Gasteiger partial charge in [0, 0.05) is 12.2 Å². The number of hydrogen-bond donors (Lipinski definition) is 1. The molecule has 1 N–H and O–H groups in total. The summed E-state index contributed by atoms with van der Waals surface area (Å²) in [5.74, 6) is 0.533. The molecule has 1 amide bonds. The van der Waals surface area contributed by atoms with Gasteiger partial charge >= 0.3 is 4.87 Å². The fraction of sp³-hybridized carbons (Fsp3) is 0.333. The molecule has 1 heterocycles. The number of rotatable bonds is 6. The lowest BCUT2D eigenvalue weighted by atomic mass is 10.1. The summed E-state index contributed by atoms with van der Waals surface area (Å²) in [5, 5.41) is 2.92. The highest BCUT2D eigenvalue weighted by molar-refractivity contribution is 7.16. The summed E-state index contributed by atoms with van der Waals surface area (Å²) in [6.07, 6.45) is -0.0266. The van der Waals surface area contributed by atoms with Gasteiger partial charge in [-0.2, -0.15) is 0 Å². The van der Waals surface area contributed by atoms with Gasteiger partial charge in [-0.1, -0.05) is 30.4 Å². The van der Waals surface area contributed by atoms with Crippen molar-refractivity contribution >= 4 is 33.1 Å². The minimum atomic E-state index is -0.583. The summed E-state index contributed by atoms with van der Waals surface area (Å²) in [7, 11) is 0. The maximum Gasteiger partial charge on any atom is 0.308 e. The van der Waals surface area contributed by atoms with Crippen molar-refractivity contribution in [2.75, 3.05) is 5.32 Å². The average Bonchev–Trinajstić information content (AvgIpc) is 2.96. The van der Waals surface area contributed by atoms with Gasteiger partial charge in [0.15, 0.2) is 6.10 Å². The van der Waals surface area contributed by atoms with Gasteiger partial charge in [0.1, 0.15) is 5.75 Å². The summed E-state index contributed by atoms with van der Waals surface area (Å²) >= 11 is 1.19. The number of aryl methyl sites for hydroxylation is 2. The largest absolute Gasteiger partial charge is 0.480 e. The van der Waals surface area contributed by atoms with Gasteiger partial charge in [-0.3, -0.25) is 14.2 Å². The molecule has 0 saturated carbocycles. The van der Waals surface area contributed by atoms with E-state index in [2.05, 4.69) is 5.32 Å². The molecule has 0 aliphatic heterocycles.